The number of nitrogens with two attached hydrogens (primary N) is 1. The van der Waals surface area contributed by atoms with Gasteiger partial charge in [0.25, 0.3) is 11.8 Å². The lowest BCUT2D eigenvalue weighted by atomic mass is 9.96. The minimum Gasteiger partial charge on any atom is -0.454 e. The Morgan fingerprint density at radius 3 is 2.30 bits per heavy atom. The number of aliphatic hydroxyl groups is 1. The fraction of sp³-hybridized carbons (Fsp3) is 0.548. The van der Waals surface area contributed by atoms with Gasteiger partial charge in [-0.3, -0.25) is 15.0 Å². The van der Waals surface area contributed by atoms with Crippen LogP contribution in [0.5, 0.6) is 11.5 Å². The van der Waals surface area contributed by atoms with Crippen molar-refractivity contribution in [2.45, 2.75) is 76.6 Å². The van der Waals surface area contributed by atoms with Gasteiger partial charge in [0, 0.05) is 19.2 Å². The molecule has 5 atom stereocenters. The summed E-state index contributed by atoms with van der Waals surface area (Å²) in [6, 6.07) is 10.8. The molecular formula is C31H47N5O7S. The molecule has 244 valence electrons. The van der Waals surface area contributed by atoms with Crippen molar-refractivity contribution in [3.8, 4) is 11.5 Å². The first-order valence-electron chi connectivity index (χ1n) is 15.0. The highest BCUT2D eigenvalue weighted by Gasteiger charge is 2.39. The molecule has 2 aromatic carbocycles. The third-order valence-electron chi connectivity index (χ3n) is 7.84. The Labute approximate surface area is 260 Å². The minimum atomic E-state index is -4.13. The van der Waals surface area contributed by atoms with Crippen molar-refractivity contribution in [2.24, 2.45) is 17.6 Å². The summed E-state index contributed by atoms with van der Waals surface area (Å²) in [6.45, 7) is 8.86. The molecule has 0 saturated heterocycles. The van der Waals surface area contributed by atoms with Gasteiger partial charge in [-0.2, -0.15) is 4.31 Å². The molecule has 0 spiro atoms. The van der Waals surface area contributed by atoms with E-state index in [-0.39, 0.29) is 43.0 Å². The number of fused-ring (bicyclic) bond motifs is 1. The van der Waals surface area contributed by atoms with Gasteiger partial charge in [0.2, 0.25) is 16.8 Å². The highest BCUT2D eigenvalue weighted by atomic mass is 32.2. The average molecular weight is 634 g/mol. The van der Waals surface area contributed by atoms with Crippen molar-refractivity contribution < 1.29 is 32.6 Å². The summed E-state index contributed by atoms with van der Waals surface area (Å²) < 4.78 is 39.9. The Bertz CT molecular complexity index is 1360. The molecule has 0 aromatic heterocycles. The summed E-state index contributed by atoms with van der Waals surface area (Å²) in [5.41, 5.74) is 9.84. The van der Waals surface area contributed by atoms with E-state index < -0.39 is 46.1 Å². The van der Waals surface area contributed by atoms with Gasteiger partial charge in [-0.15, -0.1) is 0 Å². The Morgan fingerprint density at radius 1 is 1.02 bits per heavy atom. The quantitative estimate of drug-likeness (QED) is 0.215. The molecule has 44 heavy (non-hydrogen) atoms. The molecule has 0 aliphatic carbocycles. The molecule has 5 N–H and O–H groups in total. The van der Waals surface area contributed by atoms with E-state index in [2.05, 4.69) is 10.7 Å². The third-order valence-corrected chi connectivity index (χ3v) is 9.67. The number of benzene rings is 2. The second kappa shape index (κ2) is 15.7. The van der Waals surface area contributed by atoms with E-state index in [9.17, 15) is 23.1 Å². The zero-order valence-corrected chi connectivity index (χ0v) is 27.2. The van der Waals surface area contributed by atoms with Crippen LogP contribution in [0, 0.1) is 11.8 Å². The number of ether oxygens (including phenoxy) is 2. The van der Waals surface area contributed by atoms with Gasteiger partial charge in [0.1, 0.15) is 0 Å². The van der Waals surface area contributed by atoms with Crippen LogP contribution in [0.25, 0.3) is 0 Å². The van der Waals surface area contributed by atoms with E-state index >= 15 is 0 Å². The first kappa shape index (κ1) is 35.3. The minimum absolute atomic E-state index is 0.00500. The van der Waals surface area contributed by atoms with Gasteiger partial charge in [0.15, 0.2) is 11.5 Å². The van der Waals surface area contributed by atoms with Crippen molar-refractivity contribution in [2.75, 3.05) is 26.9 Å². The first-order chi connectivity index (χ1) is 20.8. The normalized spacial score (nSPS) is 16.3. The number of sulfonamides is 1. The fourth-order valence-corrected chi connectivity index (χ4v) is 6.39. The summed E-state index contributed by atoms with van der Waals surface area (Å²) in [5, 5.41) is 15.8. The molecule has 2 amide bonds. The molecule has 1 aliphatic rings. The lowest BCUT2D eigenvalue weighted by Gasteiger charge is -2.39. The van der Waals surface area contributed by atoms with Gasteiger partial charge in [-0.25, -0.2) is 13.4 Å². The van der Waals surface area contributed by atoms with E-state index in [0.29, 0.717) is 17.9 Å². The predicted molar refractivity (Wildman–Crippen MR) is 167 cm³/mol. The summed E-state index contributed by atoms with van der Waals surface area (Å²) >= 11 is 0. The maximum atomic E-state index is 14.0. The van der Waals surface area contributed by atoms with Crippen LogP contribution in [0.2, 0.25) is 0 Å². The Balaban J connectivity index is 2.05. The number of hydrazine groups is 1. The average Bonchev–Trinajstić information content (AvgIpc) is 3.49. The van der Waals surface area contributed by atoms with Crippen LogP contribution in [0.3, 0.4) is 0 Å². The number of carbonyl (C=O) groups excluding carboxylic acids is 2. The van der Waals surface area contributed by atoms with Crippen LogP contribution in [0.4, 0.5) is 0 Å². The molecule has 13 heteroatoms. The fourth-order valence-electron chi connectivity index (χ4n) is 4.76. The maximum absolute atomic E-state index is 14.0. The molecule has 3 rings (SSSR count). The topological polar surface area (TPSA) is 164 Å². The largest absolute Gasteiger partial charge is 0.454 e. The van der Waals surface area contributed by atoms with Crippen molar-refractivity contribution >= 4 is 21.8 Å². The number of hydrogen-bond acceptors (Lipinski definition) is 9. The zero-order valence-electron chi connectivity index (χ0n) is 26.4. The van der Waals surface area contributed by atoms with Gasteiger partial charge < -0.3 is 25.6 Å². The Morgan fingerprint density at radius 2 is 1.68 bits per heavy atom. The van der Waals surface area contributed by atoms with Crippen LogP contribution >= 0.6 is 0 Å². The number of nitrogens with zero attached hydrogens (tertiary/aromatic N) is 2. The monoisotopic (exact) mass is 633 g/mol. The van der Waals surface area contributed by atoms with Gasteiger partial charge >= 0.3 is 0 Å². The second-order valence-corrected chi connectivity index (χ2v) is 13.6. The number of amides is 2. The second-order valence-electron chi connectivity index (χ2n) is 11.7. The van der Waals surface area contributed by atoms with Crippen molar-refractivity contribution in [3.63, 3.8) is 0 Å². The standard InChI is InChI=1S/C31H47N5O7S/c1-7-21(4)29(32)31(39)36(34-30(38)22(5)33-6)25(15-23-11-9-8-10-12-23)26(37)18-35(17-20(2)3)44(40,41)24-13-14-27-28(16-24)43-19-42-27/h8-14,16,20-22,25-26,29,33,37H,7,15,17-19,32H2,1-6H3,(H,34,38)/t21-,22+,25-,26+,29-/m0/s1. The van der Waals surface area contributed by atoms with Crippen LogP contribution in [0.15, 0.2) is 53.4 Å². The van der Waals surface area contributed by atoms with Crippen molar-refractivity contribution in [1.29, 1.82) is 0 Å². The molecule has 0 unspecified atom stereocenters. The van der Waals surface area contributed by atoms with E-state index in [1.165, 1.54) is 22.5 Å². The van der Waals surface area contributed by atoms with Gasteiger partial charge in [-0.1, -0.05) is 64.4 Å². The van der Waals surface area contributed by atoms with E-state index in [1.54, 1.807) is 14.0 Å². The smallest absolute Gasteiger partial charge is 0.258 e. The van der Waals surface area contributed by atoms with Crippen molar-refractivity contribution in [3.05, 3.63) is 54.1 Å². The number of hydrogen-bond donors (Lipinski definition) is 4. The highest BCUT2D eigenvalue weighted by Crippen LogP contribution is 2.35. The molecule has 1 heterocycles. The summed E-state index contributed by atoms with van der Waals surface area (Å²) in [5.74, 6) is -0.635. The Kier molecular flexibility index (Phi) is 12.6. The summed E-state index contributed by atoms with van der Waals surface area (Å²) in [6.07, 6.45) is -0.686. The number of nitrogens with one attached hydrogen (secondary N) is 2. The van der Waals surface area contributed by atoms with Gasteiger partial charge in [-0.05, 0) is 49.9 Å². The van der Waals surface area contributed by atoms with E-state index in [0.717, 1.165) is 10.6 Å². The van der Waals surface area contributed by atoms with E-state index in [1.807, 2.05) is 58.0 Å². The molecule has 1 aliphatic heterocycles. The van der Waals surface area contributed by atoms with E-state index in [4.69, 9.17) is 15.2 Å². The predicted octanol–water partition coefficient (Wildman–Crippen LogP) is 1.88. The number of rotatable bonds is 15. The summed E-state index contributed by atoms with van der Waals surface area (Å²) in [7, 11) is -2.51. The lowest BCUT2D eigenvalue weighted by molar-refractivity contribution is -0.150. The zero-order chi connectivity index (χ0) is 32.6. The van der Waals surface area contributed by atoms with Crippen LogP contribution in [-0.4, -0.2) is 85.8 Å². The van der Waals surface area contributed by atoms with Crippen molar-refractivity contribution in [1.82, 2.24) is 20.1 Å². The first-order valence-corrected chi connectivity index (χ1v) is 16.4. The summed E-state index contributed by atoms with van der Waals surface area (Å²) in [4.78, 5) is 27.0. The maximum Gasteiger partial charge on any atom is 0.258 e. The SMILES string of the molecule is CC[C@H](C)[C@H](N)C(=O)N(NC(=O)[C@@H](C)NC)[C@@H](Cc1ccccc1)[C@H](O)CN(CC(C)C)S(=O)(=O)c1ccc2c(c1)OCO2. The molecule has 0 fully saturated rings. The molecule has 0 bridgehead atoms. The highest BCUT2D eigenvalue weighted by molar-refractivity contribution is 7.89. The van der Waals surface area contributed by atoms with Crippen LogP contribution in [0.1, 0.15) is 46.6 Å². The number of carbonyl (C=O) groups is 2. The van der Waals surface area contributed by atoms with Crippen LogP contribution < -0.4 is 25.9 Å². The molecule has 0 saturated carbocycles. The number of aliphatic hydroxyl groups excluding tert-OH is 1. The lowest BCUT2D eigenvalue weighted by Crippen LogP contribution is -2.64. The van der Waals surface area contributed by atoms with Gasteiger partial charge in [0.05, 0.1) is 29.1 Å². The van der Waals surface area contributed by atoms with Crippen LogP contribution in [-0.2, 0) is 26.0 Å². The molecule has 0 radical (unpaired) electrons. The number of likely N-dealkylation sites (N-methyl/N-ethyl adjacent to an activating group) is 1. The molecule has 12 nitrogen and oxygen atoms in total. The molecular weight excluding hydrogens is 586 g/mol. The Hall–Kier alpha value is -3.23. The molecule has 2 aromatic rings. The third kappa shape index (κ3) is 8.69.